The molecule has 0 radical (unpaired) electrons. The van der Waals surface area contributed by atoms with Gasteiger partial charge in [0.15, 0.2) is 11.5 Å². The number of rotatable bonds is 4. The molecule has 0 aliphatic heterocycles. The molecule has 1 aliphatic rings. The Labute approximate surface area is 135 Å². The molecule has 120 valence electrons. The number of nitrogen functional groups attached to an aromatic ring is 1. The van der Waals surface area contributed by atoms with Gasteiger partial charge in [-0.05, 0) is 44.7 Å². The Balaban J connectivity index is 1.77. The number of carbonyl (C=O) groups excluding carboxylic acids is 1. The molecule has 1 fully saturated rings. The monoisotopic (exact) mass is 312 g/mol. The largest absolute Gasteiger partial charge is 0.490 e. The lowest BCUT2D eigenvalue weighted by molar-refractivity contribution is 0.102. The maximum atomic E-state index is 12.3. The summed E-state index contributed by atoms with van der Waals surface area (Å²) in [7, 11) is 0. The van der Waals surface area contributed by atoms with Crippen molar-refractivity contribution >= 4 is 17.4 Å². The molecule has 23 heavy (non-hydrogen) atoms. The smallest absolute Gasteiger partial charge is 0.278 e. The van der Waals surface area contributed by atoms with Crippen molar-refractivity contribution in [1.82, 2.24) is 9.97 Å². The van der Waals surface area contributed by atoms with Crippen LogP contribution >= 0.6 is 0 Å². The maximum absolute atomic E-state index is 12.3. The molecule has 1 amide bonds. The van der Waals surface area contributed by atoms with Crippen LogP contribution < -0.4 is 15.8 Å². The average Bonchev–Trinajstić information content (AvgIpc) is 3.04. The van der Waals surface area contributed by atoms with Crippen molar-refractivity contribution in [3.05, 3.63) is 41.9 Å². The Morgan fingerprint density at radius 3 is 2.74 bits per heavy atom. The van der Waals surface area contributed by atoms with Crippen molar-refractivity contribution in [2.75, 3.05) is 11.1 Å². The van der Waals surface area contributed by atoms with Gasteiger partial charge in [-0.3, -0.25) is 4.79 Å². The van der Waals surface area contributed by atoms with Gasteiger partial charge < -0.3 is 15.8 Å². The van der Waals surface area contributed by atoms with Gasteiger partial charge in [0.2, 0.25) is 0 Å². The first-order valence-electron chi connectivity index (χ1n) is 7.79. The van der Waals surface area contributed by atoms with Crippen LogP contribution in [0.3, 0.4) is 0 Å². The number of nitrogens with zero attached hydrogens (tertiary/aromatic N) is 2. The van der Waals surface area contributed by atoms with Gasteiger partial charge in [0, 0.05) is 23.6 Å². The Bertz CT molecular complexity index is 711. The second-order valence-corrected chi connectivity index (χ2v) is 5.70. The van der Waals surface area contributed by atoms with E-state index in [0.717, 1.165) is 24.2 Å². The van der Waals surface area contributed by atoms with E-state index in [-0.39, 0.29) is 23.5 Å². The third kappa shape index (κ3) is 3.41. The average molecular weight is 312 g/mol. The lowest BCUT2D eigenvalue weighted by Crippen LogP contribution is -2.18. The zero-order chi connectivity index (χ0) is 16.2. The molecule has 1 aromatic heterocycles. The Kier molecular flexibility index (Phi) is 4.41. The quantitative estimate of drug-likeness (QED) is 0.906. The summed E-state index contributed by atoms with van der Waals surface area (Å²) >= 11 is 0. The molecule has 2 aromatic rings. The highest BCUT2D eigenvalue weighted by Gasteiger charge is 2.19. The molecular weight excluding hydrogens is 292 g/mol. The van der Waals surface area contributed by atoms with E-state index in [0.29, 0.717) is 5.69 Å². The van der Waals surface area contributed by atoms with E-state index in [1.165, 1.54) is 25.2 Å². The van der Waals surface area contributed by atoms with Crippen LogP contribution in [0.2, 0.25) is 0 Å². The van der Waals surface area contributed by atoms with E-state index in [2.05, 4.69) is 15.3 Å². The number of nitrogens with one attached hydrogen (secondary N) is 1. The number of aromatic nitrogens is 2. The number of hydrogen-bond donors (Lipinski definition) is 2. The number of carbonyl (C=O) groups is 1. The molecule has 0 saturated heterocycles. The molecule has 0 spiro atoms. The highest BCUT2D eigenvalue weighted by atomic mass is 16.5. The minimum Gasteiger partial charge on any atom is -0.490 e. The van der Waals surface area contributed by atoms with Crippen LogP contribution in [0.1, 0.15) is 41.7 Å². The molecule has 1 aliphatic carbocycles. The number of nitrogens with two attached hydrogens (primary N) is 1. The van der Waals surface area contributed by atoms with Crippen molar-refractivity contribution in [3.8, 4) is 5.75 Å². The van der Waals surface area contributed by atoms with Gasteiger partial charge in [-0.1, -0.05) is 6.07 Å². The van der Waals surface area contributed by atoms with Crippen molar-refractivity contribution in [3.63, 3.8) is 0 Å². The van der Waals surface area contributed by atoms with Crippen LogP contribution in [0.15, 0.2) is 30.6 Å². The highest BCUT2D eigenvalue weighted by molar-refractivity contribution is 6.06. The van der Waals surface area contributed by atoms with E-state index >= 15 is 0 Å². The third-order valence-electron chi connectivity index (χ3n) is 4.07. The highest BCUT2D eigenvalue weighted by Crippen LogP contribution is 2.30. The van der Waals surface area contributed by atoms with Gasteiger partial charge in [-0.15, -0.1) is 0 Å². The van der Waals surface area contributed by atoms with Crippen molar-refractivity contribution in [2.45, 2.75) is 38.7 Å². The minimum atomic E-state index is -0.378. The molecular formula is C17H20N4O2. The molecule has 1 heterocycles. The summed E-state index contributed by atoms with van der Waals surface area (Å²) in [6.07, 6.45) is 7.78. The van der Waals surface area contributed by atoms with Crippen LogP contribution in [-0.2, 0) is 0 Å². The molecule has 3 N–H and O–H groups in total. The molecule has 0 bridgehead atoms. The number of benzene rings is 1. The summed E-state index contributed by atoms with van der Waals surface area (Å²) in [6, 6.07) is 5.63. The summed E-state index contributed by atoms with van der Waals surface area (Å²) in [5.41, 5.74) is 7.40. The lowest BCUT2D eigenvalue weighted by Gasteiger charge is -2.17. The van der Waals surface area contributed by atoms with Crippen molar-refractivity contribution in [2.24, 2.45) is 0 Å². The zero-order valence-corrected chi connectivity index (χ0v) is 13.1. The summed E-state index contributed by atoms with van der Waals surface area (Å²) in [6.45, 7) is 1.93. The first-order chi connectivity index (χ1) is 11.1. The SMILES string of the molecule is Cc1c(NC(=O)c2nccnc2N)cccc1OC1CCCC1. The first-order valence-corrected chi connectivity index (χ1v) is 7.79. The Hall–Kier alpha value is -2.63. The second-order valence-electron chi connectivity index (χ2n) is 5.70. The fourth-order valence-corrected chi connectivity index (χ4v) is 2.77. The maximum Gasteiger partial charge on any atom is 0.278 e. The van der Waals surface area contributed by atoms with E-state index in [1.54, 1.807) is 0 Å². The number of ether oxygens (including phenoxy) is 1. The lowest BCUT2D eigenvalue weighted by atomic mass is 10.1. The first kappa shape index (κ1) is 15.3. The summed E-state index contributed by atoms with van der Waals surface area (Å²) in [5, 5.41) is 2.83. The summed E-state index contributed by atoms with van der Waals surface area (Å²) in [4.78, 5) is 20.2. The van der Waals surface area contributed by atoms with E-state index in [4.69, 9.17) is 10.5 Å². The second kappa shape index (κ2) is 6.64. The van der Waals surface area contributed by atoms with Crippen LogP contribution in [-0.4, -0.2) is 22.0 Å². The van der Waals surface area contributed by atoms with E-state index < -0.39 is 0 Å². The molecule has 0 atom stereocenters. The Morgan fingerprint density at radius 2 is 2.00 bits per heavy atom. The molecule has 6 nitrogen and oxygen atoms in total. The van der Waals surface area contributed by atoms with Gasteiger partial charge in [0.05, 0.1) is 6.10 Å². The fourth-order valence-electron chi connectivity index (χ4n) is 2.77. The predicted molar refractivity (Wildman–Crippen MR) is 88.5 cm³/mol. The van der Waals surface area contributed by atoms with Crippen molar-refractivity contribution in [1.29, 1.82) is 0 Å². The van der Waals surface area contributed by atoms with E-state index in [1.807, 2.05) is 25.1 Å². The van der Waals surface area contributed by atoms with Gasteiger partial charge in [0.1, 0.15) is 5.75 Å². The molecule has 0 unspecified atom stereocenters. The summed E-state index contributed by atoms with van der Waals surface area (Å²) < 4.78 is 6.05. The summed E-state index contributed by atoms with van der Waals surface area (Å²) in [5.74, 6) is 0.541. The topological polar surface area (TPSA) is 90.1 Å². The van der Waals surface area contributed by atoms with E-state index in [9.17, 15) is 4.79 Å². The minimum absolute atomic E-state index is 0.112. The van der Waals surface area contributed by atoms with Crippen LogP contribution in [0.5, 0.6) is 5.75 Å². The normalized spacial score (nSPS) is 14.7. The molecule has 1 saturated carbocycles. The molecule has 6 heteroatoms. The fraction of sp³-hybridized carbons (Fsp3) is 0.353. The van der Waals surface area contributed by atoms with Crippen LogP contribution in [0.25, 0.3) is 0 Å². The molecule has 3 rings (SSSR count). The predicted octanol–water partition coefficient (Wildman–Crippen LogP) is 2.94. The van der Waals surface area contributed by atoms with Gasteiger partial charge in [0.25, 0.3) is 5.91 Å². The van der Waals surface area contributed by atoms with Gasteiger partial charge in [-0.25, -0.2) is 9.97 Å². The standard InChI is InChI=1S/C17H20N4O2/c1-11-13(21-17(22)15-16(18)20-10-9-19-15)7-4-8-14(11)23-12-5-2-3-6-12/h4,7-10,12H,2-3,5-6H2,1H3,(H2,18,20)(H,21,22). The molecule has 1 aromatic carbocycles. The zero-order valence-electron chi connectivity index (χ0n) is 13.1. The van der Waals surface area contributed by atoms with Crippen molar-refractivity contribution < 1.29 is 9.53 Å². The number of hydrogen-bond acceptors (Lipinski definition) is 5. The van der Waals surface area contributed by atoms with Crippen LogP contribution in [0.4, 0.5) is 11.5 Å². The third-order valence-corrected chi connectivity index (χ3v) is 4.07. The van der Waals surface area contributed by atoms with Gasteiger partial charge >= 0.3 is 0 Å². The Morgan fingerprint density at radius 1 is 1.26 bits per heavy atom. The van der Waals surface area contributed by atoms with Gasteiger partial charge in [-0.2, -0.15) is 0 Å². The number of anilines is 2. The van der Waals surface area contributed by atoms with Crippen LogP contribution in [0, 0.1) is 6.92 Å². The number of amides is 1.